The molecule has 0 bridgehead atoms. The molecule has 1 aromatic heterocycles. The summed E-state index contributed by atoms with van der Waals surface area (Å²) in [5.41, 5.74) is 4.93. The number of hydrogen-bond acceptors (Lipinski definition) is 1. The second-order valence-electron chi connectivity index (χ2n) is 5.34. The third kappa shape index (κ3) is 2.29. The summed E-state index contributed by atoms with van der Waals surface area (Å²) in [5, 5.41) is 1.28. The van der Waals surface area contributed by atoms with Gasteiger partial charge in [0.05, 0.1) is 0 Å². The molecule has 1 heterocycles. The first kappa shape index (κ1) is 12.8. The van der Waals surface area contributed by atoms with Gasteiger partial charge in [-0.2, -0.15) is 0 Å². The van der Waals surface area contributed by atoms with Crippen molar-refractivity contribution >= 4 is 10.9 Å². The van der Waals surface area contributed by atoms with Crippen LogP contribution in [0.4, 0.5) is 0 Å². The third-order valence-electron chi connectivity index (χ3n) is 3.70. The van der Waals surface area contributed by atoms with Crippen LogP contribution in [-0.2, 0) is 13.7 Å². The molecule has 3 rings (SSSR count). The van der Waals surface area contributed by atoms with Gasteiger partial charge < -0.3 is 9.30 Å². The number of aromatic nitrogens is 1. The maximum Gasteiger partial charge on any atom is 0.122 e. The molecule has 0 N–H and O–H groups in total. The van der Waals surface area contributed by atoms with E-state index in [9.17, 15) is 0 Å². The summed E-state index contributed by atoms with van der Waals surface area (Å²) in [6.45, 7) is 4.80. The molecule has 20 heavy (non-hydrogen) atoms. The van der Waals surface area contributed by atoms with Crippen LogP contribution in [0, 0.1) is 13.8 Å². The highest BCUT2D eigenvalue weighted by atomic mass is 16.5. The largest absolute Gasteiger partial charge is 0.489 e. The number of nitrogens with zero attached hydrogens (tertiary/aromatic N) is 1. The van der Waals surface area contributed by atoms with E-state index in [-0.39, 0.29) is 0 Å². The van der Waals surface area contributed by atoms with Gasteiger partial charge in [0.25, 0.3) is 0 Å². The Morgan fingerprint density at radius 2 is 1.85 bits per heavy atom. The van der Waals surface area contributed by atoms with E-state index < -0.39 is 0 Å². The smallest absolute Gasteiger partial charge is 0.122 e. The topological polar surface area (TPSA) is 14.2 Å². The van der Waals surface area contributed by atoms with E-state index in [1.165, 1.54) is 27.6 Å². The average molecular weight is 265 g/mol. The molecule has 0 aliphatic carbocycles. The predicted molar refractivity (Wildman–Crippen MR) is 83.2 cm³/mol. The minimum atomic E-state index is 0.603. The fourth-order valence-electron chi connectivity index (χ4n) is 2.58. The second-order valence-corrected chi connectivity index (χ2v) is 5.34. The van der Waals surface area contributed by atoms with E-state index in [4.69, 9.17) is 4.74 Å². The molecule has 0 aliphatic heterocycles. The molecule has 0 aliphatic rings. The van der Waals surface area contributed by atoms with Crippen molar-refractivity contribution in [1.82, 2.24) is 4.57 Å². The molecular formula is C18H19NO. The Bertz CT molecular complexity index is 755. The van der Waals surface area contributed by atoms with Gasteiger partial charge in [0.15, 0.2) is 0 Å². The highest BCUT2D eigenvalue weighted by Crippen LogP contribution is 2.24. The summed E-state index contributed by atoms with van der Waals surface area (Å²) in [5.74, 6) is 0.956. The molecule has 0 amide bonds. The normalized spacial score (nSPS) is 10.9. The molecule has 3 aromatic rings. The number of ether oxygens (including phenoxy) is 1. The van der Waals surface area contributed by atoms with E-state index in [2.05, 4.69) is 55.9 Å². The lowest BCUT2D eigenvalue weighted by atomic mass is 10.1. The number of benzene rings is 2. The molecule has 0 unspecified atom stereocenters. The molecule has 0 fully saturated rings. The summed E-state index contributed by atoms with van der Waals surface area (Å²) in [6, 6.07) is 14.7. The van der Waals surface area contributed by atoms with Gasteiger partial charge in [0, 0.05) is 29.7 Å². The van der Waals surface area contributed by atoms with Crippen LogP contribution in [0.1, 0.15) is 16.7 Å². The molecule has 0 saturated heterocycles. The van der Waals surface area contributed by atoms with Gasteiger partial charge in [-0.05, 0) is 37.6 Å². The molecule has 0 spiro atoms. The van der Waals surface area contributed by atoms with Crippen LogP contribution in [-0.4, -0.2) is 4.57 Å². The SMILES string of the molecule is Cc1ccc2c(c1)c(COc1ccccc1C)cn2C. The lowest BCUT2D eigenvalue weighted by Crippen LogP contribution is -1.96. The van der Waals surface area contributed by atoms with Crippen LogP contribution in [0.15, 0.2) is 48.7 Å². The number of aryl methyl sites for hydroxylation is 3. The van der Waals surface area contributed by atoms with Crippen molar-refractivity contribution in [3.8, 4) is 5.75 Å². The molecular weight excluding hydrogens is 246 g/mol. The van der Waals surface area contributed by atoms with E-state index in [0.29, 0.717) is 6.61 Å². The second kappa shape index (κ2) is 5.04. The number of hydrogen-bond donors (Lipinski definition) is 0. The van der Waals surface area contributed by atoms with E-state index >= 15 is 0 Å². The van der Waals surface area contributed by atoms with Gasteiger partial charge in [-0.1, -0.05) is 29.8 Å². The van der Waals surface area contributed by atoms with Gasteiger partial charge in [-0.3, -0.25) is 0 Å². The average Bonchev–Trinajstić information content (AvgIpc) is 2.74. The first-order valence-corrected chi connectivity index (χ1v) is 6.88. The van der Waals surface area contributed by atoms with Gasteiger partial charge in [-0.15, -0.1) is 0 Å². The van der Waals surface area contributed by atoms with E-state index in [1.807, 2.05) is 18.2 Å². The lowest BCUT2D eigenvalue weighted by molar-refractivity contribution is 0.305. The van der Waals surface area contributed by atoms with Crippen molar-refractivity contribution in [2.75, 3.05) is 0 Å². The molecule has 2 heteroatoms. The van der Waals surface area contributed by atoms with Gasteiger partial charge in [0.1, 0.15) is 12.4 Å². The first-order valence-electron chi connectivity index (χ1n) is 6.88. The van der Waals surface area contributed by atoms with Gasteiger partial charge in [-0.25, -0.2) is 0 Å². The van der Waals surface area contributed by atoms with Crippen LogP contribution in [0.5, 0.6) is 5.75 Å². The monoisotopic (exact) mass is 265 g/mol. The zero-order chi connectivity index (χ0) is 14.1. The molecule has 2 aromatic carbocycles. The predicted octanol–water partition coefficient (Wildman–Crippen LogP) is 4.37. The fourth-order valence-corrected chi connectivity index (χ4v) is 2.58. The quantitative estimate of drug-likeness (QED) is 0.685. The van der Waals surface area contributed by atoms with Gasteiger partial charge in [0.2, 0.25) is 0 Å². The standard InChI is InChI=1S/C18H19NO/c1-13-8-9-17-16(10-13)15(11-19(17)3)12-20-18-7-5-4-6-14(18)2/h4-11H,12H2,1-3H3. The first-order chi connectivity index (χ1) is 9.65. The fraction of sp³-hybridized carbons (Fsp3) is 0.222. The van der Waals surface area contributed by atoms with Crippen LogP contribution in [0.25, 0.3) is 10.9 Å². The summed E-state index contributed by atoms with van der Waals surface area (Å²) >= 11 is 0. The summed E-state index contributed by atoms with van der Waals surface area (Å²) in [6.07, 6.45) is 2.16. The van der Waals surface area contributed by atoms with Gasteiger partial charge >= 0.3 is 0 Å². The number of rotatable bonds is 3. The lowest BCUT2D eigenvalue weighted by Gasteiger charge is -2.08. The van der Waals surface area contributed by atoms with Crippen molar-refractivity contribution < 1.29 is 4.74 Å². The zero-order valence-electron chi connectivity index (χ0n) is 12.2. The maximum atomic E-state index is 5.97. The number of fused-ring (bicyclic) bond motifs is 1. The van der Waals surface area contributed by atoms with Crippen molar-refractivity contribution in [2.24, 2.45) is 7.05 Å². The Balaban J connectivity index is 1.92. The van der Waals surface area contributed by atoms with Crippen LogP contribution < -0.4 is 4.74 Å². The van der Waals surface area contributed by atoms with Crippen molar-refractivity contribution in [2.45, 2.75) is 20.5 Å². The molecule has 0 atom stereocenters. The third-order valence-corrected chi connectivity index (χ3v) is 3.70. The van der Waals surface area contributed by atoms with Crippen LogP contribution in [0.2, 0.25) is 0 Å². The number of para-hydroxylation sites is 1. The molecule has 102 valence electrons. The molecule has 0 radical (unpaired) electrons. The van der Waals surface area contributed by atoms with Crippen LogP contribution >= 0.6 is 0 Å². The van der Waals surface area contributed by atoms with Crippen molar-refractivity contribution in [3.63, 3.8) is 0 Å². The maximum absolute atomic E-state index is 5.97. The molecule has 2 nitrogen and oxygen atoms in total. The Kier molecular flexibility index (Phi) is 3.23. The van der Waals surface area contributed by atoms with Crippen molar-refractivity contribution in [1.29, 1.82) is 0 Å². The van der Waals surface area contributed by atoms with E-state index in [1.54, 1.807) is 0 Å². The van der Waals surface area contributed by atoms with Crippen molar-refractivity contribution in [3.05, 3.63) is 65.4 Å². The Labute approximate surface area is 119 Å². The summed E-state index contributed by atoms with van der Waals surface area (Å²) in [4.78, 5) is 0. The minimum absolute atomic E-state index is 0.603. The Hall–Kier alpha value is -2.22. The highest BCUT2D eigenvalue weighted by Gasteiger charge is 2.08. The Morgan fingerprint density at radius 3 is 2.65 bits per heavy atom. The zero-order valence-corrected chi connectivity index (χ0v) is 12.2. The Morgan fingerprint density at radius 1 is 1.05 bits per heavy atom. The molecule has 0 saturated carbocycles. The van der Waals surface area contributed by atoms with E-state index in [0.717, 1.165) is 5.75 Å². The minimum Gasteiger partial charge on any atom is -0.489 e. The highest BCUT2D eigenvalue weighted by molar-refractivity contribution is 5.84. The van der Waals surface area contributed by atoms with Crippen LogP contribution in [0.3, 0.4) is 0 Å². The summed E-state index contributed by atoms with van der Waals surface area (Å²) < 4.78 is 8.13. The summed E-state index contributed by atoms with van der Waals surface area (Å²) in [7, 11) is 2.08.